The van der Waals surface area contributed by atoms with Crippen molar-refractivity contribution in [3.8, 4) is 22.5 Å². The Bertz CT molecular complexity index is 1610. The minimum atomic E-state index is -0.360. The van der Waals surface area contributed by atoms with Gasteiger partial charge in [0.15, 0.2) is 0 Å². The van der Waals surface area contributed by atoms with Crippen LogP contribution >= 0.6 is 0 Å². The minimum absolute atomic E-state index is 0.0463. The quantitative estimate of drug-likeness (QED) is 0.118. The van der Waals surface area contributed by atoms with Gasteiger partial charge in [0.2, 0.25) is 11.6 Å². The van der Waals surface area contributed by atoms with Crippen LogP contribution in [-0.4, -0.2) is 45.8 Å². The predicted octanol–water partition coefficient (Wildman–Crippen LogP) is 4.44. The summed E-state index contributed by atoms with van der Waals surface area (Å²) >= 11 is 0. The van der Waals surface area contributed by atoms with Crippen LogP contribution in [0.1, 0.15) is 17.7 Å². The Morgan fingerprint density at radius 2 is 1.88 bits per heavy atom. The summed E-state index contributed by atoms with van der Waals surface area (Å²) in [5.41, 5.74) is 5.69. The van der Waals surface area contributed by atoms with Crippen LogP contribution < -0.4 is 15.5 Å². The normalized spacial score (nSPS) is 10.8. The molecule has 2 N–H and O–H groups in total. The minimum Gasteiger partial charge on any atom is -0.463 e. The van der Waals surface area contributed by atoms with Crippen LogP contribution in [0.2, 0.25) is 0 Å². The molecule has 0 aliphatic heterocycles. The smallest absolute Gasteiger partial charge is 0.307 e. The van der Waals surface area contributed by atoms with E-state index in [1.807, 2.05) is 61.5 Å². The largest absolute Gasteiger partial charge is 0.463 e. The monoisotopic (exact) mass is 567 g/mol. The van der Waals surface area contributed by atoms with Crippen LogP contribution in [0.3, 0.4) is 0 Å². The molecular weight excluding hydrogens is 538 g/mol. The van der Waals surface area contributed by atoms with Crippen molar-refractivity contribution in [2.24, 2.45) is 0 Å². The maximum atomic E-state index is 12.2. The molecule has 2 aromatic carbocycles. The Morgan fingerprint density at radius 1 is 1.02 bits per heavy atom. The summed E-state index contributed by atoms with van der Waals surface area (Å²) in [5.74, 6) is 0.107. The summed E-state index contributed by atoms with van der Waals surface area (Å²) in [7, 11) is 0. The molecule has 3 heterocycles. The fourth-order valence-electron chi connectivity index (χ4n) is 4.08. The molecule has 0 radical (unpaired) electrons. The van der Waals surface area contributed by atoms with Crippen LogP contribution in [-0.2, 0) is 20.9 Å². The van der Waals surface area contributed by atoms with E-state index in [1.165, 1.54) is 0 Å². The Kier molecular flexibility index (Phi) is 9.27. The molecule has 42 heavy (non-hydrogen) atoms. The molecular formula is C30H29N7O5. The lowest BCUT2D eigenvalue weighted by Gasteiger charge is -2.12. The molecule has 5 rings (SSSR count). The lowest BCUT2D eigenvalue weighted by molar-refractivity contribution is -0.793. The number of aromatic nitrogens is 5. The number of rotatable bonds is 13. The number of aryl methyl sites for hydroxylation is 1. The molecule has 214 valence electrons. The maximum Gasteiger partial charge on any atom is 0.307 e. The first-order chi connectivity index (χ1) is 20.6. The zero-order valence-electron chi connectivity index (χ0n) is 22.9. The molecule has 0 aliphatic rings. The highest BCUT2D eigenvalue weighted by atomic mass is 16.8. The summed E-state index contributed by atoms with van der Waals surface area (Å²) < 4.78 is 15.5. The van der Waals surface area contributed by atoms with Crippen molar-refractivity contribution in [2.45, 2.75) is 20.0 Å². The van der Waals surface area contributed by atoms with Crippen molar-refractivity contribution >= 4 is 23.3 Å². The van der Waals surface area contributed by atoms with Crippen LogP contribution in [0.5, 0.6) is 0 Å². The molecule has 0 spiro atoms. The fraction of sp³-hybridized carbons (Fsp3) is 0.200. The van der Waals surface area contributed by atoms with Crippen molar-refractivity contribution in [2.75, 3.05) is 30.4 Å². The van der Waals surface area contributed by atoms with Crippen molar-refractivity contribution in [3.05, 3.63) is 102 Å². The van der Waals surface area contributed by atoms with Crippen molar-refractivity contribution < 1.29 is 23.8 Å². The number of nitrogens with one attached hydrogen (secondary N) is 2. The number of anilines is 3. The van der Waals surface area contributed by atoms with E-state index in [-0.39, 0.29) is 32.2 Å². The number of hydrogen-bond donors (Lipinski definition) is 2. The lowest BCUT2D eigenvalue weighted by Crippen LogP contribution is -2.25. The van der Waals surface area contributed by atoms with Gasteiger partial charge in [-0.1, -0.05) is 36.4 Å². The second-order valence-electron chi connectivity index (χ2n) is 9.20. The molecule has 3 aromatic heterocycles. The maximum absolute atomic E-state index is 12.2. The van der Waals surface area contributed by atoms with E-state index in [0.29, 0.717) is 34.3 Å². The van der Waals surface area contributed by atoms with Gasteiger partial charge >= 0.3 is 5.97 Å². The SMILES string of the molecule is Cc1ccc(NCCC(=O)OCCOCc2no[n+]([O-])c2-c2ccccc2)cc1Nc1nccc(-c2cccnc2)n1. The second kappa shape index (κ2) is 13.8. The van der Waals surface area contributed by atoms with Crippen LogP contribution in [0.4, 0.5) is 17.3 Å². The van der Waals surface area contributed by atoms with Gasteiger partial charge in [-0.15, -0.1) is 0 Å². The molecule has 5 aromatic rings. The molecule has 12 nitrogen and oxygen atoms in total. The molecule has 0 atom stereocenters. The second-order valence-corrected chi connectivity index (χ2v) is 9.20. The number of benzene rings is 2. The molecule has 0 amide bonds. The Hall–Kier alpha value is -5.36. The van der Waals surface area contributed by atoms with E-state index in [0.717, 1.165) is 28.2 Å². The molecule has 0 aliphatic carbocycles. The fourth-order valence-corrected chi connectivity index (χ4v) is 4.08. The van der Waals surface area contributed by atoms with Gasteiger partial charge in [-0.05, 0) is 47.7 Å². The zero-order valence-corrected chi connectivity index (χ0v) is 22.9. The third-order valence-electron chi connectivity index (χ3n) is 6.21. The van der Waals surface area contributed by atoms with Gasteiger partial charge in [0.05, 0.1) is 18.7 Å². The van der Waals surface area contributed by atoms with Crippen molar-refractivity contribution in [3.63, 3.8) is 0 Å². The first-order valence-electron chi connectivity index (χ1n) is 13.3. The highest BCUT2D eigenvalue weighted by molar-refractivity contribution is 5.71. The highest BCUT2D eigenvalue weighted by Crippen LogP contribution is 2.24. The molecule has 0 unspecified atom stereocenters. The van der Waals surface area contributed by atoms with Gasteiger partial charge < -0.3 is 25.3 Å². The van der Waals surface area contributed by atoms with Crippen LogP contribution in [0.15, 0.2) is 89.9 Å². The van der Waals surface area contributed by atoms with E-state index in [4.69, 9.17) is 14.1 Å². The van der Waals surface area contributed by atoms with Gasteiger partial charge in [-0.3, -0.25) is 14.4 Å². The van der Waals surface area contributed by atoms with Gasteiger partial charge in [0.1, 0.15) is 13.2 Å². The Labute approximate surface area is 241 Å². The van der Waals surface area contributed by atoms with Gasteiger partial charge in [0, 0.05) is 52.8 Å². The topological polar surface area (TPSA) is 151 Å². The standard InChI is InChI=1S/C30H29N7O5/c1-21-9-10-24(18-26(21)35-30-33-14-11-25(34-30)23-8-5-13-31-19-23)32-15-12-28(38)41-17-16-40-20-27-29(37(39)42-36-27)22-6-3-2-4-7-22/h2-11,13-14,18-19,32H,12,15-17,20H2,1H3,(H,33,34,35). The van der Waals surface area contributed by atoms with E-state index in [9.17, 15) is 10.0 Å². The molecule has 0 saturated carbocycles. The van der Waals surface area contributed by atoms with E-state index >= 15 is 0 Å². The average Bonchev–Trinajstić information content (AvgIpc) is 3.39. The highest BCUT2D eigenvalue weighted by Gasteiger charge is 2.21. The number of hydrogen-bond acceptors (Lipinski definition) is 11. The lowest BCUT2D eigenvalue weighted by atomic mass is 10.1. The van der Waals surface area contributed by atoms with Crippen LogP contribution in [0, 0.1) is 12.1 Å². The molecule has 0 saturated heterocycles. The summed E-state index contributed by atoms with van der Waals surface area (Å²) in [6.45, 7) is 2.64. The van der Waals surface area contributed by atoms with E-state index in [2.05, 4.69) is 30.7 Å². The van der Waals surface area contributed by atoms with Gasteiger partial charge in [-0.25, -0.2) is 9.97 Å². The zero-order chi connectivity index (χ0) is 29.1. The third-order valence-corrected chi connectivity index (χ3v) is 6.21. The molecule has 0 fully saturated rings. The summed E-state index contributed by atoms with van der Waals surface area (Å²) in [6.07, 6.45) is 5.34. The van der Waals surface area contributed by atoms with Crippen LogP contribution in [0.25, 0.3) is 22.5 Å². The number of nitrogens with zero attached hydrogens (tertiary/aromatic N) is 5. The number of ether oxygens (including phenoxy) is 2. The summed E-state index contributed by atoms with van der Waals surface area (Å²) in [4.78, 5) is 25.6. The van der Waals surface area contributed by atoms with Crippen molar-refractivity contribution in [1.82, 2.24) is 20.1 Å². The molecule has 12 heteroatoms. The van der Waals surface area contributed by atoms with Crippen molar-refractivity contribution in [1.29, 1.82) is 0 Å². The first kappa shape index (κ1) is 28.2. The van der Waals surface area contributed by atoms with E-state index in [1.54, 1.807) is 30.7 Å². The average molecular weight is 568 g/mol. The third kappa shape index (κ3) is 7.43. The van der Waals surface area contributed by atoms with Gasteiger partial charge in [-0.2, -0.15) is 0 Å². The molecule has 0 bridgehead atoms. The Morgan fingerprint density at radius 3 is 2.71 bits per heavy atom. The number of pyridine rings is 1. The first-order valence-corrected chi connectivity index (χ1v) is 13.3. The number of carbonyl (C=O) groups excluding carboxylic acids is 1. The number of esters is 1. The Balaban J connectivity index is 1.04. The predicted molar refractivity (Wildman–Crippen MR) is 154 cm³/mol. The summed E-state index contributed by atoms with van der Waals surface area (Å²) in [5, 5.41) is 22.2. The number of carbonyl (C=O) groups is 1. The van der Waals surface area contributed by atoms with E-state index < -0.39 is 0 Å². The summed E-state index contributed by atoms with van der Waals surface area (Å²) in [6, 6.07) is 20.5. The van der Waals surface area contributed by atoms with Gasteiger partial charge in [0.25, 0.3) is 5.69 Å².